The topological polar surface area (TPSA) is 64.3 Å². The summed E-state index contributed by atoms with van der Waals surface area (Å²) < 4.78 is 11.8. The molecule has 132 valence electrons. The van der Waals surface area contributed by atoms with Crippen molar-refractivity contribution < 1.29 is 9.15 Å². The lowest BCUT2D eigenvalue weighted by atomic mass is 9.78. The highest BCUT2D eigenvalue weighted by Gasteiger charge is 2.51. The summed E-state index contributed by atoms with van der Waals surface area (Å²) in [5, 5.41) is 8.56. The van der Waals surface area contributed by atoms with Crippen molar-refractivity contribution in [3.05, 3.63) is 41.4 Å². The van der Waals surface area contributed by atoms with Gasteiger partial charge in [-0.05, 0) is 31.9 Å². The first-order valence-electron chi connectivity index (χ1n) is 9.25. The minimum Gasteiger partial charge on any atom is -0.425 e. The van der Waals surface area contributed by atoms with E-state index >= 15 is 0 Å². The normalized spacial score (nSPS) is 29.2. The van der Waals surface area contributed by atoms with Gasteiger partial charge in [0.25, 0.3) is 0 Å². The van der Waals surface area contributed by atoms with Crippen molar-refractivity contribution in [3.8, 4) is 0 Å². The number of ether oxygens (including phenoxy) is 1. The molecule has 0 N–H and O–H groups in total. The van der Waals surface area contributed by atoms with E-state index in [4.69, 9.17) is 9.15 Å². The first-order chi connectivity index (χ1) is 12.2. The van der Waals surface area contributed by atoms with Crippen LogP contribution < -0.4 is 0 Å². The van der Waals surface area contributed by atoms with Crippen LogP contribution in [0.2, 0.25) is 0 Å². The number of aromatic nitrogens is 3. The zero-order valence-electron chi connectivity index (χ0n) is 14.6. The second-order valence-corrected chi connectivity index (χ2v) is 8.00. The lowest BCUT2D eigenvalue weighted by Crippen LogP contribution is -2.33. The molecule has 3 fully saturated rings. The van der Waals surface area contributed by atoms with Gasteiger partial charge in [0.05, 0.1) is 18.9 Å². The lowest BCUT2D eigenvalue weighted by Gasteiger charge is -2.25. The monoisotopic (exact) mass is 340 g/mol. The standard InChI is InChI=1S/C19H24N4O2/c1-13-3-2-4-16(20-13)9-23-8-15-10-24-12-19(15,11-23)7-17-21-22-18(25-17)14-5-6-14/h2-4,14-15H,5-12H2,1H3/t15-,19+/m1/s1. The Morgan fingerprint density at radius 3 is 3.04 bits per heavy atom. The predicted octanol–water partition coefficient (Wildman–Crippen LogP) is 2.34. The van der Waals surface area contributed by atoms with Gasteiger partial charge in [-0.3, -0.25) is 9.88 Å². The molecule has 25 heavy (non-hydrogen) atoms. The van der Waals surface area contributed by atoms with E-state index in [1.54, 1.807) is 0 Å². The van der Waals surface area contributed by atoms with Crippen LogP contribution in [-0.4, -0.2) is 46.4 Å². The summed E-state index contributed by atoms with van der Waals surface area (Å²) in [6, 6.07) is 6.25. The van der Waals surface area contributed by atoms with Crippen LogP contribution in [0.1, 0.15) is 41.9 Å². The van der Waals surface area contributed by atoms with Crippen LogP contribution in [0.3, 0.4) is 0 Å². The largest absolute Gasteiger partial charge is 0.425 e. The molecule has 3 aliphatic rings. The van der Waals surface area contributed by atoms with Crippen molar-refractivity contribution >= 4 is 0 Å². The molecular weight excluding hydrogens is 316 g/mol. The van der Waals surface area contributed by atoms with E-state index in [2.05, 4.69) is 32.2 Å². The summed E-state index contributed by atoms with van der Waals surface area (Å²) in [6.07, 6.45) is 3.21. The molecule has 6 nitrogen and oxygen atoms in total. The molecule has 2 aromatic heterocycles. The second kappa shape index (κ2) is 5.88. The number of likely N-dealkylation sites (tertiary alicyclic amines) is 1. The molecule has 0 spiro atoms. The van der Waals surface area contributed by atoms with Crippen LogP contribution in [0, 0.1) is 18.3 Å². The highest BCUT2D eigenvalue weighted by atomic mass is 16.5. The van der Waals surface area contributed by atoms with Gasteiger partial charge in [-0.1, -0.05) is 6.07 Å². The highest BCUT2D eigenvalue weighted by Crippen LogP contribution is 2.45. The van der Waals surface area contributed by atoms with Gasteiger partial charge in [-0.25, -0.2) is 0 Å². The Kier molecular flexibility index (Phi) is 3.64. The Hall–Kier alpha value is -1.79. The van der Waals surface area contributed by atoms with Crippen LogP contribution in [0.15, 0.2) is 22.6 Å². The Bertz CT molecular complexity index is 772. The smallest absolute Gasteiger partial charge is 0.219 e. The Labute approximate surface area is 147 Å². The first-order valence-corrected chi connectivity index (χ1v) is 9.25. The molecule has 0 amide bonds. The van der Waals surface area contributed by atoms with Crippen LogP contribution in [0.25, 0.3) is 0 Å². The SMILES string of the molecule is Cc1cccc(CN2C[C@@H]3COC[C@]3(Cc3nnc(C4CC4)o3)C2)n1. The van der Waals surface area contributed by atoms with Crippen molar-refractivity contribution in [2.75, 3.05) is 26.3 Å². The highest BCUT2D eigenvalue weighted by molar-refractivity contribution is 5.12. The average molecular weight is 340 g/mol. The summed E-state index contributed by atoms with van der Waals surface area (Å²) in [5.74, 6) is 2.67. The molecule has 1 aliphatic carbocycles. The van der Waals surface area contributed by atoms with E-state index in [0.717, 1.165) is 62.4 Å². The quantitative estimate of drug-likeness (QED) is 0.832. The maximum Gasteiger partial charge on any atom is 0.219 e. The molecule has 0 bridgehead atoms. The minimum atomic E-state index is 0.108. The molecule has 0 aromatic carbocycles. The van der Waals surface area contributed by atoms with Crippen molar-refractivity contribution in [1.82, 2.24) is 20.1 Å². The van der Waals surface area contributed by atoms with Gasteiger partial charge in [-0.15, -0.1) is 10.2 Å². The maximum absolute atomic E-state index is 5.93. The van der Waals surface area contributed by atoms with Gasteiger partial charge in [0.1, 0.15) is 0 Å². The Morgan fingerprint density at radius 2 is 2.20 bits per heavy atom. The van der Waals surface area contributed by atoms with Gasteiger partial charge >= 0.3 is 0 Å². The number of rotatable bonds is 5. The van der Waals surface area contributed by atoms with Crippen molar-refractivity contribution in [2.45, 2.75) is 38.6 Å². The number of fused-ring (bicyclic) bond motifs is 1. The summed E-state index contributed by atoms with van der Waals surface area (Å²) in [6.45, 7) is 6.63. The zero-order valence-corrected chi connectivity index (χ0v) is 14.6. The van der Waals surface area contributed by atoms with Crippen LogP contribution >= 0.6 is 0 Å². The maximum atomic E-state index is 5.93. The molecule has 2 atom stereocenters. The molecule has 4 heterocycles. The molecule has 0 radical (unpaired) electrons. The van der Waals surface area contributed by atoms with E-state index < -0.39 is 0 Å². The lowest BCUT2D eigenvalue weighted by molar-refractivity contribution is 0.122. The summed E-state index contributed by atoms with van der Waals surface area (Å²) in [5.41, 5.74) is 2.33. The number of hydrogen-bond acceptors (Lipinski definition) is 6. The second-order valence-electron chi connectivity index (χ2n) is 8.00. The van der Waals surface area contributed by atoms with Crippen molar-refractivity contribution in [3.63, 3.8) is 0 Å². The third kappa shape index (κ3) is 2.98. The van der Waals surface area contributed by atoms with Gasteiger partial charge in [0, 0.05) is 49.0 Å². The Morgan fingerprint density at radius 1 is 1.28 bits per heavy atom. The van der Waals surface area contributed by atoms with Crippen LogP contribution in [0.5, 0.6) is 0 Å². The number of aryl methyl sites for hydroxylation is 1. The third-order valence-corrected chi connectivity index (χ3v) is 5.84. The van der Waals surface area contributed by atoms with Gasteiger partial charge < -0.3 is 9.15 Å². The van der Waals surface area contributed by atoms with E-state index in [0.29, 0.717) is 11.8 Å². The van der Waals surface area contributed by atoms with Crippen LogP contribution in [0.4, 0.5) is 0 Å². The molecule has 2 saturated heterocycles. The zero-order chi connectivity index (χ0) is 16.9. The molecule has 0 unspecified atom stereocenters. The fraction of sp³-hybridized carbons (Fsp3) is 0.632. The Balaban J connectivity index is 1.31. The van der Waals surface area contributed by atoms with Crippen molar-refractivity contribution in [2.24, 2.45) is 11.3 Å². The minimum absolute atomic E-state index is 0.108. The average Bonchev–Trinajstić information content (AvgIpc) is 3.08. The summed E-state index contributed by atoms with van der Waals surface area (Å²) in [4.78, 5) is 7.16. The first kappa shape index (κ1) is 15.5. The van der Waals surface area contributed by atoms with Crippen LogP contribution in [-0.2, 0) is 17.7 Å². The fourth-order valence-corrected chi connectivity index (χ4v) is 4.36. The van der Waals surface area contributed by atoms with E-state index in [1.807, 2.05) is 13.0 Å². The van der Waals surface area contributed by atoms with Crippen molar-refractivity contribution in [1.29, 1.82) is 0 Å². The number of pyridine rings is 1. The summed E-state index contributed by atoms with van der Waals surface area (Å²) >= 11 is 0. The third-order valence-electron chi connectivity index (χ3n) is 5.84. The number of nitrogens with zero attached hydrogens (tertiary/aromatic N) is 4. The molecule has 1 saturated carbocycles. The molecule has 2 aliphatic heterocycles. The fourth-order valence-electron chi connectivity index (χ4n) is 4.36. The van der Waals surface area contributed by atoms with E-state index in [1.165, 1.54) is 12.8 Å². The van der Waals surface area contributed by atoms with E-state index in [-0.39, 0.29) is 5.41 Å². The molecule has 5 rings (SSSR count). The predicted molar refractivity (Wildman–Crippen MR) is 91.0 cm³/mol. The van der Waals surface area contributed by atoms with Gasteiger partial charge in [0.2, 0.25) is 11.8 Å². The molecule has 2 aromatic rings. The van der Waals surface area contributed by atoms with Gasteiger partial charge in [0.15, 0.2) is 0 Å². The van der Waals surface area contributed by atoms with Gasteiger partial charge in [-0.2, -0.15) is 0 Å². The van der Waals surface area contributed by atoms with E-state index in [9.17, 15) is 0 Å². The molecular formula is C19H24N4O2. The molecule has 6 heteroatoms. The summed E-state index contributed by atoms with van der Waals surface area (Å²) in [7, 11) is 0. The number of hydrogen-bond donors (Lipinski definition) is 0.